The number of hydrogen-bond donors (Lipinski definition) is 1. The van der Waals surface area contributed by atoms with Gasteiger partial charge in [-0.3, -0.25) is 19.2 Å². The molecule has 1 N–H and O–H groups in total. The molecule has 0 radical (unpaired) electrons. The first-order valence-corrected chi connectivity index (χ1v) is 15.1. The van der Waals surface area contributed by atoms with Gasteiger partial charge in [0, 0.05) is 38.8 Å². The molecule has 2 atom stereocenters. The third-order valence-electron chi connectivity index (χ3n) is 8.62. The van der Waals surface area contributed by atoms with Crippen LogP contribution in [0.1, 0.15) is 77.2 Å². The Balaban J connectivity index is 1.29. The van der Waals surface area contributed by atoms with Crippen molar-refractivity contribution in [3.05, 3.63) is 35.9 Å². The second-order valence-corrected chi connectivity index (χ2v) is 12.1. The summed E-state index contributed by atoms with van der Waals surface area (Å²) in [5, 5.41) is 2.73. The summed E-state index contributed by atoms with van der Waals surface area (Å²) in [6.45, 7) is 7.19. The molecule has 8 nitrogen and oxygen atoms in total. The second kappa shape index (κ2) is 13.9. The van der Waals surface area contributed by atoms with Crippen LogP contribution in [0.25, 0.3) is 0 Å². The molecule has 8 heteroatoms. The minimum absolute atomic E-state index is 0.0581. The molecule has 4 amide bonds. The SMILES string of the molecule is CC(C)C[C@H]1CN(CCCC[C@H]2CNC(=O)C(=O)N2CCc2ccccc2)C(=O)C(=O)N1CC1CCCCC1. The van der Waals surface area contributed by atoms with Crippen LogP contribution in [-0.4, -0.2) is 83.1 Å². The van der Waals surface area contributed by atoms with E-state index in [1.807, 2.05) is 35.2 Å². The number of rotatable bonds is 12. The quantitative estimate of drug-likeness (QED) is 0.326. The lowest BCUT2D eigenvalue weighted by Gasteiger charge is -2.43. The number of hydrogen-bond acceptors (Lipinski definition) is 4. The Morgan fingerprint density at radius 1 is 0.846 bits per heavy atom. The van der Waals surface area contributed by atoms with Crippen molar-refractivity contribution in [1.29, 1.82) is 0 Å². The number of carbonyl (C=O) groups excluding carboxylic acids is 4. The van der Waals surface area contributed by atoms with Gasteiger partial charge in [0.2, 0.25) is 0 Å². The predicted molar refractivity (Wildman–Crippen MR) is 151 cm³/mol. The van der Waals surface area contributed by atoms with Crippen LogP contribution in [0.15, 0.2) is 30.3 Å². The average Bonchev–Trinajstić information content (AvgIpc) is 2.93. The average molecular weight is 539 g/mol. The molecule has 2 heterocycles. The van der Waals surface area contributed by atoms with Gasteiger partial charge in [-0.05, 0) is 62.3 Å². The normalized spacial score (nSPS) is 23.1. The number of carbonyl (C=O) groups is 4. The van der Waals surface area contributed by atoms with Crippen LogP contribution in [0, 0.1) is 11.8 Å². The number of nitrogens with zero attached hydrogens (tertiary/aromatic N) is 3. The number of amides is 4. The maximum atomic E-state index is 13.2. The first-order chi connectivity index (χ1) is 18.8. The highest BCUT2D eigenvalue weighted by molar-refractivity contribution is 6.36. The van der Waals surface area contributed by atoms with Gasteiger partial charge in [0.1, 0.15) is 0 Å². The van der Waals surface area contributed by atoms with Gasteiger partial charge in [-0.25, -0.2) is 0 Å². The number of piperazine rings is 2. The monoisotopic (exact) mass is 538 g/mol. The van der Waals surface area contributed by atoms with Crippen LogP contribution in [0.4, 0.5) is 0 Å². The Hall–Kier alpha value is -2.90. The van der Waals surface area contributed by atoms with Crippen molar-refractivity contribution in [2.24, 2.45) is 11.8 Å². The summed E-state index contributed by atoms with van der Waals surface area (Å²) >= 11 is 0. The predicted octanol–water partition coefficient (Wildman–Crippen LogP) is 3.39. The summed E-state index contributed by atoms with van der Waals surface area (Å²) in [4.78, 5) is 56.4. The van der Waals surface area contributed by atoms with Crippen molar-refractivity contribution in [1.82, 2.24) is 20.0 Å². The molecule has 1 aliphatic carbocycles. The zero-order valence-corrected chi connectivity index (χ0v) is 23.8. The van der Waals surface area contributed by atoms with Crippen LogP contribution >= 0.6 is 0 Å². The van der Waals surface area contributed by atoms with Crippen molar-refractivity contribution in [3.8, 4) is 0 Å². The fourth-order valence-corrected chi connectivity index (χ4v) is 6.49. The zero-order valence-electron chi connectivity index (χ0n) is 23.8. The van der Waals surface area contributed by atoms with E-state index in [2.05, 4.69) is 19.2 Å². The van der Waals surface area contributed by atoms with Crippen LogP contribution in [0.2, 0.25) is 0 Å². The van der Waals surface area contributed by atoms with E-state index in [9.17, 15) is 19.2 Å². The molecular weight excluding hydrogens is 492 g/mol. The van der Waals surface area contributed by atoms with Gasteiger partial charge in [0.15, 0.2) is 0 Å². The second-order valence-electron chi connectivity index (χ2n) is 12.1. The van der Waals surface area contributed by atoms with E-state index in [4.69, 9.17) is 0 Å². The summed E-state index contributed by atoms with van der Waals surface area (Å²) in [5.41, 5.74) is 1.14. The molecule has 0 spiro atoms. The first-order valence-electron chi connectivity index (χ1n) is 15.1. The molecule has 3 fully saturated rings. The maximum Gasteiger partial charge on any atom is 0.312 e. The van der Waals surface area contributed by atoms with Crippen LogP contribution in [0.5, 0.6) is 0 Å². The standard InChI is InChI=1S/C31H46N4O4/c1-23(2)19-27-22-33(30(38)31(39)35(27)21-25-13-7-4-8-14-25)17-10-9-15-26-20-32-28(36)29(37)34(26)18-16-24-11-5-3-6-12-24/h3,5-6,11-12,23,25-27H,4,7-10,13-22H2,1-2H3,(H,32,36)/t26-,27-/m0/s1. The molecule has 2 saturated heterocycles. The van der Waals surface area contributed by atoms with Gasteiger partial charge in [0.25, 0.3) is 0 Å². The summed E-state index contributed by atoms with van der Waals surface area (Å²) < 4.78 is 0. The Kier molecular flexibility index (Phi) is 10.4. The molecule has 214 valence electrons. The number of unbranched alkanes of at least 4 members (excludes halogenated alkanes) is 1. The molecule has 2 aliphatic heterocycles. The molecule has 1 aromatic rings. The molecule has 39 heavy (non-hydrogen) atoms. The lowest BCUT2D eigenvalue weighted by Crippen LogP contribution is -2.61. The third-order valence-corrected chi connectivity index (χ3v) is 8.62. The fourth-order valence-electron chi connectivity index (χ4n) is 6.49. The molecule has 3 aliphatic rings. The summed E-state index contributed by atoms with van der Waals surface area (Å²) in [6.07, 6.45) is 9.97. The van der Waals surface area contributed by atoms with E-state index in [1.165, 1.54) is 19.3 Å². The van der Waals surface area contributed by atoms with E-state index in [-0.39, 0.29) is 23.9 Å². The molecule has 4 rings (SSSR count). The van der Waals surface area contributed by atoms with Gasteiger partial charge in [-0.15, -0.1) is 0 Å². The minimum atomic E-state index is -0.536. The van der Waals surface area contributed by atoms with E-state index in [0.717, 1.165) is 50.6 Å². The van der Waals surface area contributed by atoms with Gasteiger partial charge in [-0.1, -0.05) is 63.4 Å². The highest BCUT2D eigenvalue weighted by Crippen LogP contribution is 2.28. The number of benzene rings is 1. The van der Waals surface area contributed by atoms with Gasteiger partial charge < -0.3 is 20.0 Å². The zero-order chi connectivity index (χ0) is 27.8. The minimum Gasteiger partial charge on any atom is -0.346 e. The Bertz CT molecular complexity index is 992. The lowest BCUT2D eigenvalue weighted by atomic mass is 9.87. The van der Waals surface area contributed by atoms with Gasteiger partial charge in [0.05, 0.1) is 6.04 Å². The number of nitrogens with one attached hydrogen (secondary N) is 1. The van der Waals surface area contributed by atoms with Gasteiger partial charge in [-0.2, -0.15) is 0 Å². The Morgan fingerprint density at radius 2 is 1.59 bits per heavy atom. The molecule has 1 saturated carbocycles. The van der Waals surface area contributed by atoms with Crippen LogP contribution in [-0.2, 0) is 25.6 Å². The first kappa shape index (κ1) is 29.1. The van der Waals surface area contributed by atoms with Crippen molar-refractivity contribution in [2.75, 3.05) is 32.7 Å². The van der Waals surface area contributed by atoms with Crippen molar-refractivity contribution < 1.29 is 19.2 Å². The highest BCUT2D eigenvalue weighted by Gasteiger charge is 2.40. The third kappa shape index (κ3) is 7.83. The van der Waals surface area contributed by atoms with Crippen molar-refractivity contribution in [2.45, 2.75) is 90.1 Å². The smallest absolute Gasteiger partial charge is 0.312 e. The molecular formula is C31H46N4O4. The van der Waals surface area contributed by atoms with Crippen LogP contribution in [0.3, 0.4) is 0 Å². The molecule has 0 bridgehead atoms. The largest absolute Gasteiger partial charge is 0.346 e. The van der Waals surface area contributed by atoms with E-state index in [1.54, 1.807) is 9.80 Å². The lowest BCUT2D eigenvalue weighted by molar-refractivity contribution is -0.160. The maximum absolute atomic E-state index is 13.2. The fraction of sp³-hybridized carbons (Fsp3) is 0.677. The Morgan fingerprint density at radius 3 is 2.31 bits per heavy atom. The summed E-state index contributed by atoms with van der Waals surface area (Å²) in [5.74, 6) is -0.729. The molecule has 1 aromatic carbocycles. The summed E-state index contributed by atoms with van der Waals surface area (Å²) in [6, 6.07) is 10.0. The van der Waals surface area contributed by atoms with E-state index in [0.29, 0.717) is 44.4 Å². The van der Waals surface area contributed by atoms with Crippen molar-refractivity contribution >= 4 is 23.6 Å². The Labute approximate surface area is 233 Å². The topological polar surface area (TPSA) is 90.0 Å². The van der Waals surface area contributed by atoms with Gasteiger partial charge >= 0.3 is 23.6 Å². The highest BCUT2D eigenvalue weighted by atomic mass is 16.2. The summed E-state index contributed by atoms with van der Waals surface area (Å²) in [7, 11) is 0. The van der Waals surface area contributed by atoms with E-state index < -0.39 is 11.8 Å². The van der Waals surface area contributed by atoms with Crippen LogP contribution < -0.4 is 5.32 Å². The molecule has 0 unspecified atom stereocenters. The molecule has 0 aromatic heterocycles. The van der Waals surface area contributed by atoms with E-state index >= 15 is 0 Å². The van der Waals surface area contributed by atoms with Crippen molar-refractivity contribution in [3.63, 3.8) is 0 Å².